The molecule has 0 heterocycles. The van der Waals surface area contributed by atoms with Gasteiger partial charge in [-0.25, -0.2) is 9.59 Å². The number of carboxylic acids is 1. The topological polar surface area (TPSA) is 89.9 Å². The first-order valence-corrected chi connectivity index (χ1v) is 5.95. The van der Waals surface area contributed by atoms with Gasteiger partial charge in [-0.1, -0.05) is 13.3 Å². The number of aliphatic carboxylic acids is 1. The first kappa shape index (κ1) is 15.7. The maximum atomic E-state index is 11.7. The Kier molecular flexibility index (Phi) is 8.13. The van der Waals surface area contributed by atoms with Gasteiger partial charge in [-0.15, -0.1) is 0 Å². The van der Waals surface area contributed by atoms with Crippen LogP contribution in [0.2, 0.25) is 0 Å². The van der Waals surface area contributed by atoms with Gasteiger partial charge in [0.1, 0.15) is 6.04 Å². The zero-order valence-corrected chi connectivity index (χ0v) is 10.5. The summed E-state index contributed by atoms with van der Waals surface area (Å²) in [5, 5.41) is 20.0. The molecule has 0 unspecified atom stereocenters. The van der Waals surface area contributed by atoms with Crippen molar-refractivity contribution in [3.05, 3.63) is 0 Å². The lowest BCUT2D eigenvalue weighted by Crippen LogP contribution is -2.48. The maximum Gasteiger partial charge on any atom is 0.326 e. The van der Waals surface area contributed by atoms with E-state index in [1.54, 1.807) is 4.90 Å². The highest BCUT2D eigenvalue weighted by Crippen LogP contribution is 1.98. The van der Waals surface area contributed by atoms with E-state index in [4.69, 9.17) is 10.2 Å². The van der Waals surface area contributed by atoms with Crippen LogP contribution in [-0.2, 0) is 4.79 Å². The SMILES string of the molecule is CCCCN(CC)C(=O)N[C@@H](CCO)C(=O)O. The lowest BCUT2D eigenvalue weighted by Gasteiger charge is -2.23. The summed E-state index contributed by atoms with van der Waals surface area (Å²) >= 11 is 0. The fourth-order valence-electron chi connectivity index (χ4n) is 1.38. The van der Waals surface area contributed by atoms with Crippen molar-refractivity contribution in [2.24, 2.45) is 0 Å². The van der Waals surface area contributed by atoms with Crippen LogP contribution >= 0.6 is 0 Å². The Morgan fingerprint density at radius 2 is 2.00 bits per heavy atom. The summed E-state index contributed by atoms with van der Waals surface area (Å²) in [5.74, 6) is -1.13. The van der Waals surface area contributed by atoms with Crippen molar-refractivity contribution in [1.82, 2.24) is 10.2 Å². The van der Waals surface area contributed by atoms with Crippen LogP contribution in [0.1, 0.15) is 33.1 Å². The monoisotopic (exact) mass is 246 g/mol. The number of carbonyl (C=O) groups excluding carboxylic acids is 1. The molecule has 17 heavy (non-hydrogen) atoms. The lowest BCUT2D eigenvalue weighted by atomic mass is 10.2. The number of unbranched alkanes of at least 4 members (excludes halogenated alkanes) is 1. The van der Waals surface area contributed by atoms with E-state index in [1.807, 2.05) is 13.8 Å². The molecule has 6 heteroatoms. The Labute approximate surface area is 102 Å². The zero-order valence-electron chi connectivity index (χ0n) is 10.5. The average Bonchev–Trinajstić information content (AvgIpc) is 2.29. The van der Waals surface area contributed by atoms with E-state index < -0.39 is 12.0 Å². The minimum Gasteiger partial charge on any atom is -0.480 e. The van der Waals surface area contributed by atoms with Gasteiger partial charge in [-0.2, -0.15) is 0 Å². The molecule has 0 radical (unpaired) electrons. The van der Waals surface area contributed by atoms with Crippen molar-refractivity contribution in [1.29, 1.82) is 0 Å². The molecule has 0 spiro atoms. The van der Waals surface area contributed by atoms with E-state index in [9.17, 15) is 9.59 Å². The minimum absolute atomic E-state index is 0.0202. The first-order valence-electron chi connectivity index (χ1n) is 5.95. The maximum absolute atomic E-state index is 11.7. The quantitative estimate of drug-likeness (QED) is 0.586. The van der Waals surface area contributed by atoms with Crippen molar-refractivity contribution < 1.29 is 19.8 Å². The summed E-state index contributed by atoms with van der Waals surface area (Å²) in [6, 6.07) is -1.41. The molecule has 100 valence electrons. The predicted octanol–water partition coefficient (Wildman–Crippen LogP) is 0.654. The van der Waals surface area contributed by atoms with Crippen LogP contribution in [0.25, 0.3) is 0 Å². The fraction of sp³-hybridized carbons (Fsp3) is 0.818. The number of rotatable bonds is 8. The molecular formula is C11H22N2O4. The first-order chi connectivity index (χ1) is 8.06. The molecule has 0 aliphatic carbocycles. The number of amides is 2. The second-order valence-electron chi connectivity index (χ2n) is 3.79. The minimum atomic E-state index is -1.13. The normalized spacial score (nSPS) is 11.9. The van der Waals surface area contributed by atoms with Crippen molar-refractivity contribution in [3.63, 3.8) is 0 Å². The van der Waals surface area contributed by atoms with Crippen LogP contribution in [0.15, 0.2) is 0 Å². The molecule has 0 saturated carbocycles. The van der Waals surface area contributed by atoms with Crippen molar-refractivity contribution >= 4 is 12.0 Å². The Morgan fingerprint density at radius 3 is 2.41 bits per heavy atom. The number of hydrogen-bond acceptors (Lipinski definition) is 3. The van der Waals surface area contributed by atoms with Crippen LogP contribution in [0, 0.1) is 0 Å². The summed E-state index contributed by atoms with van der Waals surface area (Å²) < 4.78 is 0. The molecule has 0 rings (SSSR count). The molecule has 0 aliphatic heterocycles. The molecular weight excluding hydrogens is 224 g/mol. The molecule has 0 aromatic heterocycles. The zero-order chi connectivity index (χ0) is 13.3. The summed E-state index contributed by atoms with van der Waals surface area (Å²) in [6.45, 7) is 4.76. The second-order valence-corrected chi connectivity index (χ2v) is 3.79. The van der Waals surface area contributed by atoms with Gasteiger partial charge in [0.15, 0.2) is 0 Å². The molecule has 0 aromatic carbocycles. The van der Waals surface area contributed by atoms with E-state index in [1.165, 1.54) is 0 Å². The van der Waals surface area contributed by atoms with E-state index in [-0.39, 0.29) is 19.1 Å². The molecule has 0 aromatic rings. The Hall–Kier alpha value is -1.30. The third-order valence-corrected chi connectivity index (χ3v) is 2.46. The number of nitrogens with one attached hydrogen (secondary N) is 1. The fourth-order valence-corrected chi connectivity index (χ4v) is 1.38. The Morgan fingerprint density at radius 1 is 1.35 bits per heavy atom. The van der Waals surface area contributed by atoms with Gasteiger partial charge < -0.3 is 20.4 Å². The number of aliphatic hydroxyl groups excluding tert-OH is 1. The van der Waals surface area contributed by atoms with Crippen molar-refractivity contribution in [2.45, 2.75) is 39.2 Å². The van der Waals surface area contributed by atoms with Gasteiger partial charge in [0, 0.05) is 26.1 Å². The van der Waals surface area contributed by atoms with E-state index in [2.05, 4.69) is 5.32 Å². The van der Waals surface area contributed by atoms with Crippen LogP contribution in [0.3, 0.4) is 0 Å². The summed E-state index contributed by atoms with van der Waals surface area (Å²) in [4.78, 5) is 24.1. The number of aliphatic hydroxyl groups is 1. The van der Waals surface area contributed by atoms with Crippen LogP contribution in [0.4, 0.5) is 4.79 Å². The third kappa shape index (κ3) is 6.11. The molecule has 6 nitrogen and oxygen atoms in total. The molecule has 1 atom stereocenters. The molecule has 0 saturated heterocycles. The Balaban J connectivity index is 4.30. The molecule has 0 aliphatic rings. The van der Waals surface area contributed by atoms with Gasteiger partial charge in [-0.3, -0.25) is 0 Å². The number of nitrogens with zero attached hydrogens (tertiary/aromatic N) is 1. The van der Waals surface area contributed by atoms with Gasteiger partial charge in [0.05, 0.1) is 0 Å². The van der Waals surface area contributed by atoms with Gasteiger partial charge in [0.2, 0.25) is 0 Å². The highest BCUT2D eigenvalue weighted by atomic mass is 16.4. The van der Waals surface area contributed by atoms with E-state index in [0.717, 1.165) is 12.8 Å². The number of carboxylic acid groups (broad SMARTS) is 1. The summed E-state index contributed by atoms with van der Waals surface area (Å²) in [5.41, 5.74) is 0. The smallest absolute Gasteiger partial charge is 0.326 e. The number of carbonyl (C=O) groups is 2. The van der Waals surface area contributed by atoms with E-state index >= 15 is 0 Å². The van der Waals surface area contributed by atoms with Crippen LogP contribution in [-0.4, -0.2) is 52.9 Å². The molecule has 0 fully saturated rings. The van der Waals surface area contributed by atoms with E-state index in [0.29, 0.717) is 13.1 Å². The highest BCUT2D eigenvalue weighted by Gasteiger charge is 2.21. The molecule has 2 amide bonds. The number of hydrogen-bond donors (Lipinski definition) is 3. The number of urea groups is 1. The van der Waals surface area contributed by atoms with Gasteiger partial charge >= 0.3 is 12.0 Å². The van der Waals surface area contributed by atoms with Crippen molar-refractivity contribution in [3.8, 4) is 0 Å². The highest BCUT2D eigenvalue weighted by molar-refractivity contribution is 5.82. The lowest BCUT2D eigenvalue weighted by molar-refractivity contribution is -0.139. The standard InChI is InChI=1S/C11H22N2O4/c1-3-5-7-13(4-2)11(17)12-9(6-8-14)10(15)16/h9,14H,3-8H2,1-2H3,(H,12,17)(H,15,16)/t9-/m0/s1. The molecule has 3 N–H and O–H groups in total. The average molecular weight is 246 g/mol. The van der Waals surface area contributed by atoms with Gasteiger partial charge in [0.25, 0.3) is 0 Å². The Bertz CT molecular complexity index is 246. The third-order valence-electron chi connectivity index (χ3n) is 2.46. The predicted molar refractivity (Wildman–Crippen MR) is 63.8 cm³/mol. The largest absolute Gasteiger partial charge is 0.480 e. The summed E-state index contributed by atoms with van der Waals surface area (Å²) in [6.07, 6.45) is 1.88. The van der Waals surface area contributed by atoms with Crippen LogP contribution < -0.4 is 5.32 Å². The molecule has 0 bridgehead atoms. The van der Waals surface area contributed by atoms with Crippen LogP contribution in [0.5, 0.6) is 0 Å². The second kappa shape index (κ2) is 8.81. The summed E-state index contributed by atoms with van der Waals surface area (Å²) in [7, 11) is 0. The van der Waals surface area contributed by atoms with Crippen molar-refractivity contribution in [2.75, 3.05) is 19.7 Å². The van der Waals surface area contributed by atoms with Gasteiger partial charge in [-0.05, 0) is 13.3 Å².